The van der Waals surface area contributed by atoms with Gasteiger partial charge in [-0.15, -0.1) is 0 Å². The lowest BCUT2D eigenvalue weighted by atomic mass is 9.99. The maximum atomic E-state index is 12.2. The number of rotatable bonds is 4. The Hall–Kier alpha value is -0.570. The quantitative estimate of drug-likeness (QED) is 0.814. The highest BCUT2D eigenvalue weighted by molar-refractivity contribution is 5.84. The van der Waals surface area contributed by atoms with Crippen molar-refractivity contribution in [2.45, 2.75) is 52.5 Å². The lowest BCUT2D eigenvalue weighted by Crippen LogP contribution is -2.37. The second-order valence-electron chi connectivity index (χ2n) is 6.07. The molecule has 3 nitrogen and oxygen atoms in total. The summed E-state index contributed by atoms with van der Waals surface area (Å²) in [7, 11) is 0. The molecule has 2 fully saturated rings. The zero-order valence-electron chi connectivity index (χ0n) is 11.4. The Bertz CT molecular complexity index is 279. The van der Waals surface area contributed by atoms with Gasteiger partial charge in [0.25, 0.3) is 0 Å². The van der Waals surface area contributed by atoms with Crippen LogP contribution >= 0.6 is 0 Å². The van der Waals surface area contributed by atoms with E-state index in [2.05, 4.69) is 26.1 Å². The lowest BCUT2D eigenvalue weighted by molar-refractivity contribution is -0.130. The van der Waals surface area contributed by atoms with E-state index in [1.807, 2.05) is 4.90 Å². The number of carbonyl (C=O) groups is 1. The van der Waals surface area contributed by atoms with Crippen LogP contribution in [0.3, 0.4) is 0 Å². The molecule has 0 spiro atoms. The highest BCUT2D eigenvalue weighted by atomic mass is 16.2. The van der Waals surface area contributed by atoms with Crippen molar-refractivity contribution >= 4 is 5.91 Å². The monoisotopic (exact) mass is 238 g/mol. The van der Waals surface area contributed by atoms with E-state index in [1.54, 1.807) is 0 Å². The van der Waals surface area contributed by atoms with Crippen LogP contribution in [0.15, 0.2) is 0 Å². The van der Waals surface area contributed by atoms with Gasteiger partial charge < -0.3 is 4.90 Å². The van der Waals surface area contributed by atoms with Crippen LogP contribution in [-0.2, 0) is 4.79 Å². The fourth-order valence-corrected chi connectivity index (χ4v) is 3.21. The van der Waals surface area contributed by atoms with E-state index >= 15 is 0 Å². The van der Waals surface area contributed by atoms with Gasteiger partial charge in [0.05, 0.1) is 12.7 Å². The first-order valence-corrected chi connectivity index (χ1v) is 7.14. The lowest BCUT2D eigenvalue weighted by Gasteiger charge is -2.21. The molecule has 98 valence electrons. The smallest absolute Gasteiger partial charge is 0.241 e. The Morgan fingerprint density at radius 1 is 1.47 bits per heavy atom. The Kier molecular flexibility index (Phi) is 4.08. The predicted molar refractivity (Wildman–Crippen MR) is 69.5 cm³/mol. The average Bonchev–Trinajstić information content (AvgIpc) is 2.87. The number of nitrogens with one attached hydrogen (secondary N) is 1. The van der Waals surface area contributed by atoms with Crippen molar-refractivity contribution in [3.63, 3.8) is 0 Å². The van der Waals surface area contributed by atoms with Crippen molar-refractivity contribution in [2.24, 2.45) is 17.8 Å². The molecule has 1 aliphatic heterocycles. The van der Waals surface area contributed by atoms with Crippen LogP contribution < -0.4 is 5.32 Å². The van der Waals surface area contributed by atoms with Gasteiger partial charge in [0, 0.05) is 6.54 Å². The van der Waals surface area contributed by atoms with E-state index in [4.69, 9.17) is 0 Å². The summed E-state index contributed by atoms with van der Waals surface area (Å²) in [6, 6.07) is 0.0684. The predicted octanol–water partition coefficient (Wildman–Crippen LogP) is 2.23. The van der Waals surface area contributed by atoms with Crippen LogP contribution in [0.5, 0.6) is 0 Å². The van der Waals surface area contributed by atoms with Crippen molar-refractivity contribution in [3.05, 3.63) is 0 Å². The maximum Gasteiger partial charge on any atom is 0.241 e. The summed E-state index contributed by atoms with van der Waals surface area (Å²) in [5, 5.41) is 3.37. The fourth-order valence-electron chi connectivity index (χ4n) is 3.21. The molecule has 4 unspecified atom stereocenters. The molecule has 17 heavy (non-hydrogen) atoms. The minimum absolute atomic E-state index is 0.0684. The van der Waals surface area contributed by atoms with Gasteiger partial charge in [-0.05, 0) is 30.6 Å². The van der Waals surface area contributed by atoms with Crippen molar-refractivity contribution in [3.8, 4) is 0 Å². The molecule has 2 aliphatic rings. The molecular formula is C14H26N2O. The largest absolute Gasteiger partial charge is 0.328 e. The van der Waals surface area contributed by atoms with Crippen LogP contribution in [-0.4, -0.2) is 30.1 Å². The maximum absolute atomic E-state index is 12.2. The number of nitrogens with zero attached hydrogens (tertiary/aromatic N) is 1. The number of carbonyl (C=O) groups excluding carboxylic acids is 1. The van der Waals surface area contributed by atoms with Crippen LogP contribution in [0.2, 0.25) is 0 Å². The van der Waals surface area contributed by atoms with E-state index in [-0.39, 0.29) is 6.04 Å². The Labute approximate surface area is 105 Å². The first-order chi connectivity index (χ1) is 8.11. The van der Waals surface area contributed by atoms with Gasteiger partial charge >= 0.3 is 0 Å². The molecule has 0 bridgehead atoms. The van der Waals surface area contributed by atoms with Gasteiger partial charge in [-0.2, -0.15) is 0 Å². The third-order valence-electron chi connectivity index (χ3n) is 4.57. The summed E-state index contributed by atoms with van der Waals surface area (Å²) in [5.74, 6) is 2.39. The molecule has 0 aromatic rings. The van der Waals surface area contributed by atoms with Crippen molar-refractivity contribution in [2.75, 3.05) is 13.2 Å². The first kappa shape index (κ1) is 12.9. The summed E-state index contributed by atoms with van der Waals surface area (Å²) in [5.41, 5.74) is 0. The molecular weight excluding hydrogens is 212 g/mol. The molecule has 1 saturated heterocycles. The Balaban J connectivity index is 1.85. The molecule has 3 heteroatoms. The zero-order chi connectivity index (χ0) is 12.4. The van der Waals surface area contributed by atoms with E-state index in [9.17, 15) is 4.79 Å². The second-order valence-corrected chi connectivity index (χ2v) is 6.07. The van der Waals surface area contributed by atoms with Crippen LogP contribution in [0.4, 0.5) is 0 Å². The standard InChI is InChI=1S/C14H26N2O/c1-4-11(3)13-14(17)16(9-15-13)8-12-6-5-10(2)7-12/h10-13,15H,4-9H2,1-3H3. The van der Waals surface area contributed by atoms with E-state index in [0.29, 0.717) is 11.8 Å². The Morgan fingerprint density at radius 2 is 2.24 bits per heavy atom. The SMILES string of the molecule is CCC(C)C1NCN(CC2CCC(C)C2)C1=O. The van der Waals surface area contributed by atoms with Crippen LogP contribution in [0.25, 0.3) is 0 Å². The second kappa shape index (κ2) is 5.38. The van der Waals surface area contributed by atoms with E-state index < -0.39 is 0 Å². The minimum atomic E-state index is 0.0684. The molecule has 0 aromatic carbocycles. The molecule has 1 heterocycles. The van der Waals surface area contributed by atoms with E-state index in [0.717, 1.165) is 31.5 Å². The zero-order valence-corrected chi connectivity index (χ0v) is 11.4. The topological polar surface area (TPSA) is 32.3 Å². The van der Waals surface area contributed by atoms with Crippen molar-refractivity contribution in [1.82, 2.24) is 10.2 Å². The third-order valence-corrected chi connectivity index (χ3v) is 4.57. The minimum Gasteiger partial charge on any atom is -0.328 e. The molecule has 1 amide bonds. The van der Waals surface area contributed by atoms with Crippen molar-refractivity contribution in [1.29, 1.82) is 0 Å². The highest BCUT2D eigenvalue weighted by Gasteiger charge is 2.35. The molecule has 2 rings (SSSR count). The van der Waals surface area contributed by atoms with Gasteiger partial charge in [0.2, 0.25) is 5.91 Å². The van der Waals surface area contributed by atoms with Crippen LogP contribution in [0.1, 0.15) is 46.5 Å². The average molecular weight is 238 g/mol. The summed E-state index contributed by atoms with van der Waals surface area (Å²) in [6.45, 7) is 8.38. The number of hydrogen-bond donors (Lipinski definition) is 1. The van der Waals surface area contributed by atoms with E-state index in [1.165, 1.54) is 19.3 Å². The highest BCUT2D eigenvalue weighted by Crippen LogP contribution is 2.31. The summed E-state index contributed by atoms with van der Waals surface area (Å²) in [4.78, 5) is 14.3. The first-order valence-electron chi connectivity index (χ1n) is 7.14. The molecule has 0 radical (unpaired) electrons. The molecule has 4 atom stereocenters. The van der Waals surface area contributed by atoms with Crippen LogP contribution in [0, 0.1) is 17.8 Å². The molecule has 1 saturated carbocycles. The van der Waals surface area contributed by atoms with Gasteiger partial charge in [-0.3, -0.25) is 10.1 Å². The van der Waals surface area contributed by atoms with Crippen molar-refractivity contribution < 1.29 is 4.79 Å². The summed E-state index contributed by atoms with van der Waals surface area (Å²) in [6.07, 6.45) is 5.02. The molecule has 1 aliphatic carbocycles. The van der Waals surface area contributed by atoms with Gasteiger partial charge in [-0.25, -0.2) is 0 Å². The van der Waals surface area contributed by atoms with Gasteiger partial charge in [0.15, 0.2) is 0 Å². The fraction of sp³-hybridized carbons (Fsp3) is 0.929. The van der Waals surface area contributed by atoms with Gasteiger partial charge in [0.1, 0.15) is 0 Å². The molecule has 1 N–H and O–H groups in total. The summed E-state index contributed by atoms with van der Waals surface area (Å²) < 4.78 is 0. The summed E-state index contributed by atoms with van der Waals surface area (Å²) >= 11 is 0. The van der Waals surface area contributed by atoms with Gasteiger partial charge in [-0.1, -0.05) is 33.6 Å². The number of amides is 1. The normalized spacial score (nSPS) is 35.6. The number of hydrogen-bond acceptors (Lipinski definition) is 2. The molecule has 0 aromatic heterocycles. The third kappa shape index (κ3) is 2.82. The Morgan fingerprint density at radius 3 is 2.82 bits per heavy atom.